The number of nitrogens with zero attached hydrogens (tertiary/aromatic N) is 2. The fourth-order valence-corrected chi connectivity index (χ4v) is 1.47. The van der Waals surface area contributed by atoms with E-state index < -0.39 is 0 Å². The monoisotopic (exact) mass is 231 g/mol. The Labute approximate surface area is 99.7 Å². The average molecular weight is 231 g/mol. The van der Waals surface area contributed by atoms with Crippen LogP contribution in [0.5, 0.6) is 0 Å². The van der Waals surface area contributed by atoms with E-state index in [1.165, 1.54) is 12.3 Å². The number of hydrogen-bond acceptors (Lipinski definition) is 3. The Kier molecular flexibility index (Phi) is 3.32. The normalized spacial score (nSPS) is 10.3. The average Bonchev–Trinajstić information content (AvgIpc) is 2.31. The van der Waals surface area contributed by atoms with E-state index in [0.717, 1.165) is 22.6 Å². The summed E-state index contributed by atoms with van der Waals surface area (Å²) in [6.45, 7) is 4.49. The third-order valence-corrected chi connectivity index (χ3v) is 2.59. The van der Waals surface area contributed by atoms with Gasteiger partial charge < -0.3 is 5.32 Å². The van der Waals surface area contributed by atoms with E-state index in [1.54, 1.807) is 6.20 Å². The van der Waals surface area contributed by atoms with Crippen LogP contribution >= 0.6 is 0 Å². The third kappa shape index (κ3) is 3.00. The van der Waals surface area contributed by atoms with Crippen LogP contribution in [0.2, 0.25) is 0 Å². The standard InChI is InChI=1S/C13H14FN3/c1-9-3-4-13(17-10(9)2)16-7-11-5-12(14)8-15-6-11/h3-6,8H,7H2,1-2H3,(H,16,17). The molecule has 0 bridgehead atoms. The van der Waals surface area contributed by atoms with Crippen molar-refractivity contribution in [2.45, 2.75) is 20.4 Å². The summed E-state index contributed by atoms with van der Waals surface area (Å²) in [7, 11) is 0. The first-order chi connectivity index (χ1) is 8.15. The molecule has 0 saturated carbocycles. The molecule has 0 spiro atoms. The van der Waals surface area contributed by atoms with Gasteiger partial charge in [0.15, 0.2) is 0 Å². The highest BCUT2D eigenvalue weighted by atomic mass is 19.1. The van der Waals surface area contributed by atoms with Crippen molar-refractivity contribution in [3.63, 3.8) is 0 Å². The Hall–Kier alpha value is -1.97. The molecule has 2 aromatic rings. The maximum Gasteiger partial charge on any atom is 0.141 e. The number of anilines is 1. The smallest absolute Gasteiger partial charge is 0.141 e. The first-order valence-corrected chi connectivity index (χ1v) is 5.43. The molecule has 0 aromatic carbocycles. The van der Waals surface area contributed by atoms with E-state index in [1.807, 2.05) is 26.0 Å². The zero-order valence-electron chi connectivity index (χ0n) is 9.87. The Bertz CT molecular complexity index is 526. The molecule has 0 aliphatic carbocycles. The SMILES string of the molecule is Cc1ccc(NCc2cncc(F)c2)nc1C. The topological polar surface area (TPSA) is 37.8 Å². The predicted molar refractivity (Wildman–Crippen MR) is 65.2 cm³/mol. The van der Waals surface area contributed by atoms with Crippen molar-refractivity contribution < 1.29 is 4.39 Å². The molecule has 0 aliphatic heterocycles. The Morgan fingerprint density at radius 1 is 1.24 bits per heavy atom. The Balaban J connectivity index is 2.05. The van der Waals surface area contributed by atoms with Crippen LogP contribution in [0.1, 0.15) is 16.8 Å². The first kappa shape index (κ1) is 11.5. The zero-order chi connectivity index (χ0) is 12.3. The molecule has 2 aromatic heterocycles. The van der Waals surface area contributed by atoms with Crippen LogP contribution in [-0.4, -0.2) is 9.97 Å². The lowest BCUT2D eigenvalue weighted by Gasteiger charge is -2.07. The molecule has 0 unspecified atom stereocenters. The molecule has 0 aliphatic rings. The molecule has 1 N–H and O–H groups in total. The summed E-state index contributed by atoms with van der Waals surface area (Å²) < 4.78 is 12.9. The van der Waals surface area contributed by atoms with E-state index in [-0.39, 0.29) is 5.82 Å². The minimum absolute atomic E-state index is 0.322. The van der Waals surface area contributed by atoms with Crippen LogP contribution in [0, 0.1) is 19.7 Å². The van der Waals surface area contributed by atoms with Gasteiger partial charge in [0.25, 0.3) is 0 Å². The molecule has 0 saturated heterocycles. The van der Waals surface area contributed by atoms with Gasteiger partial charge in [0, 0.05) is 18.4 Å². The van der Waals surface area contributed by atoms with Crippen molar-refractivity contribution in [2.75, 3.05) is 5.32 Å². The number of pyridine rings is 2. The van der Waals surface area contributed by atoms with Gasteiger partial charge in [-0.25, -0.2) is 9.37 Å². The van der Waals surface area contributed by atoms with Gasteiger partial charge in [-0.1, -0.05) is 6.07 Å². The highest BCUT2D eigenvalue weighted by molar-refractivity contribution is 5.38. The summed E-state index contributed by atoms with van der Waals surface area (Å²) in [5, 5.41) is 3.14. The first-order valence-electron chi connectivity index (χ1n) is 5.43. The number of nitrogens with one attached hydrogen (secondary N) is 1. The molecule has 0 atom stereocenters. The van der Waals surface area contributed by atoms with Gasteiger partial charge in [0.1, 0.15) is 11.6 Å². The van der Waals surface area contributed by atoms with Gasteiger partial charge >= 0.3 is 0 Å². The lowest BCUT2D eigenvalue weighted by Crippen LogP contribution is -2.03. The number of aromatic nitrogens is 2. The zero-order valence-corrected chi connectivity index (χ0v) is 9.87. The van der Waals surface area contributed by atoms with Gasteiger partial charge in [0.05, 0.1) is 6.20 Å². The third-order valence-electron chi connectivity index (χ3n) is 2.59. The largest absolute Gasteiger partial charge is 0.366 e. The van der Waals surface area contributed by atoms with E-state index in [0.29, 0.717) is 6.54 Å². The fourth-order valence-electron chi connectivity index (χ4n) is 1.47. The summed E-state index contributed by atoms with van der Waals surface area (Å²) in [4.78, 5) is 8.18. The molecule has 4 heteroatoms. The molecule has 3 nitrogen and oxygen atoms in total. The second-order valence-corrected chi connectivity index (χ2v) is 3.96. The summed E-state index contributed by atoms with van der Waals surface area (Å²) in [6, 6.07) is 5.38. The van der Waals surface area contributed by atoms with Crippen LogP contribution in [0.4, 0.5) is 10.2 Å². The molecule has 2 heterocycles. The van der Waals surface area contributed by atoms with Crippen molar-refractivity contribution in [2.24, 2.45) is 0 Å². The minimum atomic E-state index is -0.322. The second kappa shape index (κ2) is 4.91. The van der Waals surface area contributed by atoms with E-state index in [2.05, 4.69) is 15.3 Å². The van der Waals surface area contributed by atoms with Crippen molar-refractivity contribution >= 4 is 5.82 Å². The number of rotatable bonds is 3. The Morgan fingerprint density at radius 3 is 2.76 bits per heavy atom. The molecular weight excluding hydrogens is 217 g/mol. The van der Waals surface area contributed by atoms with E-state index in [9.17, 15) is 4.39 Å². The van der Waals surface area contributed by atoms with Gasteiger partial charge in [-0.15, -0.1) is 0 Å². The van der Waals surface area contributed by atoms with Crippen molar-refractivity contribution in [3.05, 3.63) is 53.2 Å². The van der Waals surface area contributed by atoms with Crippen LogP contribution in [0.25, 0.3) is 0 Å². The Morgan fingerprint density at radius 2 is 2.06 bits per heavy atom. The van der Waals surface area contributed by atoms with Crippen molar-refractivity contribution in [1.82, 2.24) is 9.97 Å². The molecule has 0 fully saturated rings. The van der Waals surface area contributed by atoms with E-state index in [4.69, 9.17) is 0 Å². The molecule has 88 valence electrons. The molecular formula is C13H14FN3. The maximum atomic E-state index is 12.9. The van der Waals surface area contributed by atoms with Crippen molar-refractivity contribution in [3.8, 4) is 0 Å². The van der Waals surface area contributed by atoms with E-state index >= 15 is 0 Å². The summed E-state index contributed by atoms with van der Waals surface area (Å²) in [5.74, 6) is 0.467. The fraction of sp³-hybridized carbons (Fsp3) is 0.231. The quantitative estimate of drug-likeness (QED) is 0.882. The van der Waals surface area contributed by atoms with Gasteiger partial charge in [-0.3, -0.25) is 4.98 Å². The predicted octanol–water partition coefficient (Wildman–Crippen LogP) is 2.84. The van der Waals surface area contributed by atoms with Gasteiger partial charge in [-0.05, 0) is 37.1 Å². The number of hydrogen-bond donors (Lipinski definition) is 1. The van der Waals surface area contributed by atoms with Crippen LogP contribution in [-0.2, 0) is 6.54 Å². The highest BCUT2D eigenvalue weighted by Crippen LogP contribution is 2.10. The van der Waals surface area contributed by atoms with Crippen LogP contribution in [0.15, 0.2) is 30.6 Å². The lowest BCUT2D eigenvalue weighted by atomic mass is 10.2. The van der Waals surface area contributed by atoms with Crippen LogP contribution in [0.3, 0.4) is 0 Å². The summed E-state index contributed by atoms with van der Waals surface area (Å²) in [5.41, 5.74) is 2.94. The second-order valence-electron chi connectivity index (χ2n) is 3.96. The highest BCUT2D eigenvalue weighted by Gasteiger charge is 1.99. The van der Waals surface area contributed by atoms with Crippen LogP contribution < -0.4 is 5.32 Å². The molecule has 0 radical (unpaired) electrons. The van der Waals surface area contributed by atoms with Gasteiger partial charge in [-0.2, -0.15) is 0 Å². The number of aryl methyl sites for hydroxylation is 2. The summed E-state index contributed by atoms with van der Waals surface area (Å²) in [6.07, 6.45) is 2.83. The molecule has 0 amide bonds. The summed E-state index contributed by atoms with van der Waals surface area (Å²) >= 11 is 0. The lowest BCUT2D eigenvalue weighted by molar-refractivity contribution is 0.619. The maximum absolute atomic E-state index is 12.9. The van der Waals surface area contributed by atoms with Crippen molar-refractivity contribution in [1.29, 1.82) is 0 Å². The number of halogens is 1. The van der Waals surface area contributed by atoms with Gasteiger partial charge in [0.2, 0.25) is 0 Å². The molecule has 2 rings (SSSR count). The molecule has 17 heavy (non-hydrogen) atoms. The minimum Gasteiger partial charge on any atom is -0.366 e.